The number of hydrogen-bond donors (Lipinski definition) is 1. The predicted molar refractivity (Wildman–Crippen MR) is 64.9 cm³/mol. The van der Waals surface area contributed by atoms with E-state index in [2.05, 4.69) is 29.4 Å². The average molecular weight is 210 g/mol. The molecule has 0 unspecified atom stereocenters. The molecule has 0 saturated carbocycles. The van der Waals surface area contributed by atoms with Crippen molar-refractivity contribution in [3.8, 4) is 0 Å². The highest BCUT2D eigenvalue weighted by Gasteiger charge is 1.95. The van der Waals surface area contributed by atoms with Crippen LogP contribution < -0.4 is 5.32 Å². The molecule has 3 heteroatoms. The summed E-state index contributed by atoms with van der Waals surface area (Å²) in [5.41, 5.74) is 1.35. The van der Waals surface area contributed by atoms with Crippen molar-refractivity contribution in [2.45, 2.75) is 25.5 Å². The Balaban J connectivity index is 2.34. The van der Waals surface area contributed by atoms with Gasteiger partial charge in [0.2, 0.25) is 0 Å². The summed E-state index contributed by atoms with van der Waals surface area (Å²) < 4.78 is 0. The van der Waals surface area contributed by atoms with Gasteiger partial charge in [0.25, 0.3) is 0 Å². The minimum atomic E-state index is 0.957. The summed E-state index contributed by atoms with van der Waals surface area (Å²) in [7, 11) is 1.90. The van der Waals surface area contributed by atoms with Crippen molar-refractivity contribution in [1.29, 1.82) is 0 Å². The quantitative estimate of drug-likeness (QED) is 0.730. The molecule has 78 valence electrons. The van der Waals surface area contributed by atoms with Gasteiger partial charge >= 0.3 is 0 Å². The fraction of sp³-hybridized carbons (Fsp3) is 0.545. The third kappa shape index (κ3) is 4.01. The van der Waals surface area contributed by atoms with E-state index >= 15 is 0 Å². The number of rotatable bonds is 6. The molecule has 14 heavy (non-hydrogen) atoms. The van der Waals surface area contributed by atoms with Gasteiger partial charge in [-0.2, -0.15) is 11.8 Å². The number of nitrogens with one attached hydrogen (secondary N) is 1. The minimum absolute atomic E-state index is 0.957. The van der Waals surface area contributed by atoms with Crippen molar-refractivity contribution >= 4 is 17.6 Å². The molecule has 1 aromatic rings. The number of aromatic nitrogens is 1. The van der Waals surface area contributed by atoms with Gasteiger partial charge in [-0.05, 0) is 29.9 Å². The Hall–Kier alpha value is -0.700. The van der Waals surface area contributed by atoms with Crippen LogP contribution in [0.5, 0.6) is 0 Å². The lowest BCUT2D eigenvalue weighted by Crippen LogP contribution is -1.93. The lowest BCUT2D eigenvalue weighted by molar-refractivity contribution is 0.896. The summed E-state index contributed by atoms with van der Waals surface area (Å²) in [6, 6.07) is 4.19. The van der Waals surface area contributed by atoms with Crippen molar-refractivity contribution in [2.24, 2.45) is 0 Å². The molecule has 0 aliphatic carbocycles. The normalized spacial score (nSPS) is 10.1. The summed E-state index contributed by atoms with van der Waals surface area (Å²) in [6.45, 7) is 2.23. The van der Waals surface area contributed by atoms with Gasteiger partial charge in [0, 0.05) is 19.0 Å². The molecule has 0 atom stereocenters. The fourth-order valence-electron chi connectivity index (χ4n) is 1.14. The van der Waals surface area contributed by atoms with Crippen LogP contribution in [0.2, 0.25) is 0 Å². The number of pyridine rings is 1. The van der Waals surface area contributed by atoms with Crippen LogP contribution in [0.15, 0.2) is 18.3 Å². The first-order chi connectivity index (χ1) is 6.86. The molecular formula is C11H18N2S. The summed E-state index contributed by atoms with van der Waals surface area (Å²) in [5, 5.41) is 3.05. The molecule has 1 rings (SSSR count). The number of anilines is 1. The molecule has 0 aliphatic heterocycles. The summed E-state index contributed by atoms with van der Waals surface area (Å²) in [4.78, 5) is 4.18. The highest BCUT2D eigenvalue weighted by Crippen LogP contribution is 2.15. The SMILES string of the molecule is CCCCSCc1ccnc(NC)c1. The van der Waals surface area contributed by atoms with E-state index in [1.165, 1.54) is 24.2 Å². The maximum Gasteiger partial charge on any atom is 0.125 e. The molecule has 1 N–H and O–H groups in total. The highest BCUT2D eigenvalue weighted by atomic mass is 32.2. The molecule has 0 aromatic carbocycles. The molecule has 1 aromatic heterocycles. The Morgan fingerprint density at radius 2 is 2.36 bits per heavy atom. The van der Waals surface area contributed by atoms with E-state index < -0.39 is 0 Å². The smallest absolute Gasteiger partial charge is 0.125 e. The van der Waals surface area contributed by atoms with Gasteiger partial charge in [0.15, 0.2) is 0 Å². The maximum atomic E-state index is 4.18. The lowest BCUT2D eigenvalue weighted by Gasteiger charge is -2.03. The van der Waals surface area contributed by atoms with Gasteiger partial charge in [-0.15, -0.1) is 0 Å². The number of thioether (sulfide) groups is 1. The van der Waals surface area contributed by atoms with Crippen molar-refractivity contribution in [1.82, 2.24) is 4.98 Å². The van der Waals surface area contributed by atoms with Crippen LogP contribution in [0.25, 0.3) is 0 Å². The van der Waals surface area contributed by atoms with Crippen LogP contribution in [0.3, 0.4) is 0 Å². The van der Waals surface area contributed by atoms with Gasteiger partial charge in [0.05, 0.1) is 0 Å². The zero-order valence-electron chi connectivity index (χ0n) is 8.92. The highest BCUT2D eigenvalue weighted by molar-refractivity contribution is 7.98. The zero-order valence-corrected chi connectivity index (χ0v) is 9.73. The number of unbranched alkanes of at least 4 members (excludes halogenated alkanes) is 1. The molecule has 0 spiro atoms. The van der Waals surface area contributed by atoms with Crippen molar-refractivity contribution < 1.29 is 0 Å². The molecule has 0 saturated heterocycles. The first-order valence-electron chi connectivity index (χ1n) is 5.07. The molecule has 0 bridgehead atoms. The van der Waals surface area contributed by atoms with Gasteiger partial charge < -0.3 is 5.32 Å². The predicted octanol–water partition coefficient (Wildman–Crippen LogP) is 3.16. The largest absolute Gasteiger partial charge is 0.373 e. The monoisotopic (exact) mass is 210 g/mol. The second kappa shape index (κ2) is 6.71. The molecular weight excluding hydrogens is 192 g/mol. The van der Waals surface area contributed by atoms with Gasteiger partial charge in [-0.25, -0.2) is 4.98 Å². The standard InChI is InChI=1S/C11H18N2S/c1-3-4-7-14-9-10-5-6-13-11(8-10)12-2/h5-6,8H,3-4,7,9H2,1-2H3,(H,12,13). The first-order valence-corrected chi connectivity index (χ1v) is 6.22. The Kier molecular flexibility index (Phi) is 5.45. The van der Waals surface area contributed by atoms with Crippen molar-refractivity contribution in [3.05, 3.63) is 23.9 Å². The summed E-state index contributed by atoms with van der Waals surface area (Å²) in [5.74, 6) is 3.31. The molecule has 0 amide bonds. The molecule has 0 aliphatic rings. The van der Waals surface area contributed by atoms with E-state index in [9.17, 15) is 0 Å². The first kappa shape index (κ1) is 11.4. The molecule has 0 fully saturated rings. The number of nitrogens with zero attached hydrogens (tertiary/aromatic N) is 1. The van der Waals surface area contributed by atoms with Gasteiger partial charge in [-0.1, -0.05) is 13.3 Å². The summed E-state index contributed by atoms with van der Waals surface area (Å²) in [6.07, 6.45) is 4.46. The van der Waals surface area contributed by atoms with E-state index in [0.29, 0.717) is 0 Å². The summed E-state index contributed by atoms with van der Waals surface area (Å²) >= 11 is 1.99. The van der Waals surface area contributed by atoms with E-state index in [1.807, 2.05) is 25.0 Å². The second-order valence-electron chi connectivity index (χ2n) is 3.21. The second-order valence-corrected chi connectivity index (χ2v) is 4.31. The third-order valence-electron chi connectivity index (χ3n) is 1.99. The van der Waals surface area contributed by atoms with Crippen LogP contribution in [0.4, 0.5) is 5.82 Å². The average Bonchev–Trinajstić information content (AvgIpc) is 2.25. The van der Waals surface area contributed by atoms with Crippen LogP contribution >= 0.6 is 11.8 Å². The molecule has 1 heterocycles. The lowest BCUT2D eigenvalue weighted by atomic mass is 10.3. The van der Waals surface area contributed by atoms with E-state index in [4.69, 9.17) is 0 Å². The number of hydrogen-bond acceptors (Lipinski definition) is 3. The Labute approximate surface area is 90.5 Å². The zero-order chi connectivity index (χ0) is 10.2. The molecule has 2 nitrogen and oxygen atoms in total. The van der Waals surface area contributed by atoms with Crippen LogP contribution in [-0.4, -0.2) is 17.8 Å². The van der Waals surface area contributed by atoms with Crippen LogP contribution in [0, 0.1) is 0 Å². The minimum Gasteiger partial charge on any atom is -0.373 e. The van der Waals surface area contributed by atoms with E-state index in [0.717, 1.165) is 11.6 Å². The van der Waals surface area contributed by atoms with Crippen LogP contribution in [-0.2, 0) is 5.75 Å². The van der Waals surface area contributed by atoms with E-state index in [1.54, 1.807) is 0 Å². The van der Waals surface area contributed by atoms with Crippen LogP contribution in [0.1, 0.15) is 25.3 Å². The van der Waals surface area contributed by atoms with E-state index in [-0.39, 0.29) is 0 Å². The van der Waals surface area contributed by atoms with Crippen molar-refractivity contribution in [2.75, 3.05) is 18.1 Å². The maximum absolute atomic E-state index is 4.18. The molecule has 0 radical (unpaired) electrons. The Morgan fingerprint density at radius 1 is 1.50 bits per heavy atom. The Morgan fingerprint density at radius 3 is 3.07 bits per heavy atom. The van der Waals surface area contributed by atoms with Gasteiger partial charge in [0.1, 0.15) is 5.82 Å². The third-order valence-corrected chi connectivity index (χ3v) is 3.11. The Bertz CT molecular complexity index is 263. The van der Waals surface area contributed by atoms with Gasteiger partial charge in [-0.3, -0.25) is 0 Å². The van der Waals surface area contributed by atoms with Crippen molar-refractivity contribution in [3.63, 3.8) is 0 Å². The topological polar surface area (TPSA) is 24.9 Å². The fourth-order valence-corrected chi connectivity index (χ4v) is 2.19.